The number of aromatic nitrogens is 1. The van der Waals surface area contributed by atoms with E-state index in [0.29, 0.717) is 55.7 Å². The third-order valence-electron chi connectivity index (χ3n) is 14.8. The number of methoxy groups -OCH3 is 1. The van der Waals surface area contributed by atoms with Gasteiger partial charge in [-0.15, -0.1) is 0 Å². The summed E-state index contributed by atoms with van der Waals surface area (Å²) in [5.74, 6) is -3.46. The molecule has 8 rings (SSSR count). The Morgan fingerprint density at radius 3 is 2.60 bits per heavy atom. The molecule has 5 fully saturated rings. The largest absolute Gasteiger partial charge is 0.492 e. The number of esters is 1. The number of rotatable bonds is 10. The topological polar surface area (TPSA) is 147 Å². The summed E-state index contributed by atoms with van der Waals surface area (Å²) in [6.07, 6.45) is 9.03. The lowest BCUT2D eigenvalue weighted by Crippen LogP contribution is -2.69. The van der Waals surface area contributed by atoms with Gasteiger partial charge in [-0.05, 0) is 95.3 Å². The molecule has 5 aliphatic carbocycles. The van der Waals surface area contributed by atoms with E-state index in [0.717, 1.165) is 12.8 Å². The van der Waals surface area contributed by atoms with Crippen LogP contribution in [0.4, 0.5) is 14.5 Å². The Labute approximate surface area is 331 Å². The van der Waals surface area contributed by atoms with Crippen LogP contribution in [0.1, 0.15) is 95.5 Å². The number of piperazine rings is 1. The molecule has 11 nitrogen and oxygen atoms in total. The molecule has 307 valence electrons. The van der Waals surface area contributed by atoms with Gasteiger partial charge in [-0.1, -0.05) is 25.5 Å². The molecule has 2 heterocycles. The predicted molar refractivity (Wildman–Crippen MR) is 209 cm³/mol. The van der Waals surface area contributed by atoms with Gasteiger partial charge in [0.25, 0.3) is 0 Å². The maximum Gasteiger partial charge on any atom is 0.343 e. The zero-order valence-electron chi connectivity index (χ0n) is 33.4. The highest BCUT2D eigenvalue weighted by Gasteiger charge is 2.75. The van der Waals surface area contributed by atoms with E-state index in [2.05, 4.69) is 5.32 Å². The normalized spacial score (nSPS) is 36.0. The molecular formula is C44H54F2N3O8. The number of nitrogens with zero attached hydrogens (tertiary/aromatic N) is 2. The second-order valence-electron chi connectivity index (χ2n) is 18.0. The predicted octanol–water partition coefficient (Wildman–Crippen LogP) is 5.34. The van der Waals surface area contributed by atoms with E-state index >= 15 is 8.78 Å². The standard InChI is InChI=1S/C44H54F2N3O8/c1-24-18-32-31-12-9-26-19-28(50)13-14-41(26,3)43(31,46)35(52)21-42(32,4)44(24,55)34(51)8-6-7-17-57-40(54)30-23-49(27-10-11-27)36-29(38(30)53)20-33(45)37(39(36)56-5)48-16-15-47-25(2)22-48/h8,13-14,19-20,23-25,27,31-32,35,47,52,55H,6-7,9-12,15-18,21-22H2,1-5H3/t24-,25?,31-,32-,35-,41-,42-,43-,44-/m1/s1. The zero-order chi connectivity index (χ0) is 40.8. The molecule has 1 aromatic heterocycles. The van der Waals surface area contributed by atoms with Crippen molar-refractivity contribution in [3.63, 3.8) is 0 Å². The molecule has 0 spiro atoms. The van der Waals surface area contributed by atoms with Crippen molar-refractivity contribution in [1.29, 1.82) is 0 Å². The summed E-state index contributed by atoms with van der Waals surface area (Å²) in [4.78, 5) is 55.3. The van der Waals surface area contributed by atoms with Crippen LogP contribution in [0.25, 0.3) is 10.9 Å². The Morgan fingerprint density at radius 1 is 1.14 bits per heavy atom. The highest BCUT2D eigenvalue weighted by atomic mass is 19.1. The molecule has 57 heavy (non-hydrogen) atoms. The van der Waals surface area contributed by atoms with Gasteiger partial charge in [-0.3, -0.25) is 14.4 Å². The average Bonchev–Trinajstić information content (AvgIpc) is 3.99. The number of ketones is 2. The van der Waals surface area contributed by atoms with Crippen LogP contribution in [0.15, 0.2) is 40.9 Å². The fraction of sp³-hybridized carbons (Fsp3) is 0.614. The summed E-state index contributed by atoms with van der Waals surface area (Å²) in [5.41, 5.74) is -5.69. The summed E-state index contributed by atoms with van der Waals surface area (Å²) >= 11 is 0. The Morgan fingerprint density at radius 2 is 1.89 bits per heavy atom. The van der Waals surface area contributed by atoms with Gasteiger partial charge in [-0.2, -0.15) is 0 Å². The van der Waals surface area contributed by atoms with Crippen molar-refractivity contribution in [2.24, 2.45) is 28.6 Å². The van der Waals surface area contributed by atoms with Gasteiger partial charge in [0.05, 0.1) is 30.7 Å². The van der Waals surface area contributed by atoms with Gasteiger partial charge in [0.15, 0.2) is 28.8 Å². The molecular weight excluding hydrogens is 736 g/mol. The van der Waals surface area contributed by atoms with E-state index in [4.69, 9.17) is 9.47 Å². The van der Waals surface area contributed by atoms with Crippen LogP contribution in [0.5, 0.6) is 5.75 Å². The van der Waals surface area contributed by atoms with E-state index in [9.17, 15) is 29.4 Å². The Kier molecular flexibility index (Phi) is 9.87. The number of nitrogens with one attached hydrogen (secondary N) is 1. The molecule has 6 aliphatic rings. The number of aliphatic hydroxyl groups is 2. The number of benzene rings is 1. The average molecular weight is 791 g/mol. The number of hydrogen-bond donors (Lipinski definition) is 3. The van der Waals surface area contributed by atoms with E-state index in [-0.39, 0.29) is 66.4 Å². The number of carbonyl (C=O) groups is 3. The molecule has 0 bridgehead atoms. The molecule has 9 atom stereocenters. The number of unbranched alkanes of at least 4 members (excludes halogenated alkanes) is 1. The monoisotopic (exact) mass is 790 g/mol. The number of allylic oxidation sites excluding steroid dienone is 4. The zero-order valence-corrected chi connectivity index (χ0v) is 33.4. The third kappa shape index (κ3) is 5.87. The van der Waals surface area contributed by atoms with Crippen molar-refractivity contribution in [2.45, 2.75) is 109 Å². The molecule has 1 aromatic carbocycles. The number of ether oxygens (including phenoxy) is 2. The Hall–Kier alpha value is -3.94. The minimum atomic E-state index is -2.07. The van der Waals surface area contributed by atoms with Crippen LogP contribution in [0.2, 0.25) is 0 Å². The number of hydrogen-bond acceptors (Lipinski definition) is 10. The van der Waals surface area contributed by atoms with Crippen LogP contribution in [-0.4, -0.2) is 89.1 Å². The number of pyridine rings is 1. The van der Waals surface area contributed by atoms with Gasteiger partial charge in [0, 0.05) is 61.1 Å². The smallest absolute Gasteiger partial charge is 0.343 e. The van der Waals surface area contributed by atoms with E-state index < -0.39 is 63.0 Å². The first kappa shape index (κ1) is 39.9. The molecule has 13 heteroatoms. The summed E-state index contributed by atoms with van der Waals surface area (Å²) in [6.45, 7) is 9.01. The molecule has 1 radical (unpaired) electrons. The van der Waals surface area contributed by atoms with Crippen LogP contribution < -0.4 is 20.4 Å². The van der Waals surface area contributed by atoms with Crippen molar-refractivity contribution in [1.82, 2.24) is 9.88 Å². The number of aliphatic hydroxyl groups excluding tert-OH is 1. The summed E-state index contributed by atoms with van der Waals surface area (Å²) in [7, 11) is 1.45. The van der Waals surface area contributed by atoms with E-state index in [1.54, 1.807) is 26.8 Å². The number of alkyl halides is 1. The SMILES string of the molecule is COc1c(N2CCNC(C)C2)c(F)cc2c(=O)c(C(=O)OCCC[CH]C(=O)[C@]3(O)[C@H](C)C[C@@H]4[C@H]5CCC6=CC(=O)C=C[C@@]6(C)[C@]5(F)[C@H](O)C[C@]43C)cn(C3CC3)c12. The first-order valence-corrected chi connectivity index (χ1v) is 20.5. The molecule has 3 N–H and O–H groups in total. The lowest BCUT2D eigenvalue weighted by Gasteiger charge is -2.62. The fourth-order valence-electron chi connectivity index (χ4n) is 11.6. The highest BCUT2D eigenvalue weighted by Crippen LogP contribution is 2.70. The fourth-order valence-corrected chi connectivity index (χ4v) is 11.6. The molecule has 1 saturated heterocycles. The van der Waals surface area contributed by atoms with Gasteiger partial charge < -0.3 is 34.5 Å². The number of anilines is 1. The van der Waals surface area contributed by atoms with E-state index in [1.807, 2.05) is 16.4 Å². The van der Waals surface area contributed by atoms with Crippen molar-refractivity contribution in [3.05, 3.63) is 64.1 Å². The Balaban J connectivity index is 0.951. The third-order valence-corrected chi connectivity index (χ3v) is 14.8. The van der Waals surface area contributed by atoms with Crippen LogP contribution in [-0.2, 0) is 14.3 Å². The Bertz CT molecular complexity index is 2150. The van der Waals surface area contributed by atoms with Gasteiger partial charge in [-0.25, -0.2) is 13.6 Å². The van der Waals surface area contributed by atoms with Crippen LogP contribution >= 0.6 is 0 Å². The molecule has 2 aromatic rings. The molecule has 0 amide bonds. The highest BCUT2D eigenvalue weighted by molar-refractivity contribution is 6.01. The molecule has 1 unspecified atom stereocenters. The lowest BCUT2D eigenvalue weighted by molar-refractivity contribution is -0.217. The second-order valence-corrected chi connectivity index (χ2v) is 18.0. The van der Waals surface area contributed by atoms with Gasteiger partial charge in [0.2, 0.25) is 5.43 Å². The first-order chi connectivity index (χ1) is 27.0. The maximum absolute atomic E-state index is 17.5. The first-order valence-electron chi connectivity index (χ1n) is 20.5. The molecule has 4 saturated carbocycles. The maximum atomic E-state index is 17.5. The number of carbonyl (C=O) groups excluding carboxylic acids is 3. The summed E-state index contributed by atoms with van der Waals surface area (Å²) in [6, 6.07) is 1.33. The van der Waals surface area contributed by atoms with Crippen LogP contribution in [0.3, 0.4) is 0 Å². The minimum absolute atomic E-state index is 0.0107. The number of halogens is 2. The summed E-state index contributed by atoms with van der Waals surface area (Å²) in [5, 5.41) is 27.3. The lowest BCUT2D eigenvalue weighted by atomic mass is 9.44. The molecule has 1 aliphatic heterocycles. The van der Waals surface area contributed by atoms with E-state index in [1.165, 1.54) is 37.9 Å². The van der Waals surface area contributed by atoms with Crippen LogP contribution in [0, 0.1) is 40.8 Å². The van der Waals surface area contributed by atoms with Crippen molar-refractivity contribution in [3.8, 4) is 5.75 Å². The van der Waals surface area contributed by atoms with Crippen molar-refractivity contribution in [2.75, 3.05) is 38.3 Å². The number of Topliss-reactive ketones (excluding diaryl/α,β-unsaturated/α-hetero) is 1. The number of fused-ring (bicyclic) bond motifs is 6. The van der Waals surface area contributed by atoms with Crippen molar-refractivity contribution >= 4 is 34.1 Å². The minimum Gasteiger partial charge on any atom is -0.492 e. The summed E-state index contributed by atoms with van der Waals surface area (Å²) < 4.78 is 46.5. The van der Waals surface area contributed by atoms with Gasteiger partial charge >= 0.3 is 5.97 Å². The van der Waals surface area contributed by atoms with Crippen molar-refractivity contribution < 1.29 is 42.9 Å². The van der Waals surface area contributed by atoms with Gasteiger partial charge in [0.1, 0.15) is 16.9 Å². The quantitative estimate of drug-likeness (QED) is 0.213. The second kappa shape index (κ2) is 14.1.